The van der Waals surface area contributed by atoms with Gasteiger partial charge in [0.25, 0.3) is 0 Å². The molecule has 2 aliphatic heterocycles. The van der Waals surface area contributed by atoms with Crippen LogP contribution in [-0.2, 0) is 26.3 Å². The molecule has 0 aromatic heterocycles. The minimum atomic E-state index is -3.68. The maximum absolute atomic E-state index is 12.6. The van der Waals surface area contributed by atoms with Crippen molar-refractivity contribution < 1.29 is 21.6 Å². The van der Waals surface area contributed by atoms with E-state index in [0.29, 0.717) is 19.4 Å². The third-order valence-electron chi connectivity index (χ3n) is 4.06. The lowest BCUT2D eigenvalue weighted by Crippen LogP contribution is -2.37. The molecule has 2 heterocycles. The summed E-state index contributed by atoms with van der Waals surface area (Å²) in [6.45, 7) is 0.565. The molecule has 0 N–H and O–H groups in total. The monoisotopic (exact) mass is 331 g/mol. The lowest BCUT2D eigenvalue weighted by Gasteiger charge is -2.23. The summed E-state index contributed by atoms with van der Waals surface area (Å²) in [6, 6.07) is 4.32. The van der Waals surface area contributed by atoms with Gasteiger partial charge in [-0.05, 0) is 30.2 Å². The van der Waals surface area contributed by atoms with E-state index in [1.165, 1.54) is 17.4 Å². The van der Waals surface area contributed by atoms with E-state index in [9.17, 15) is 16.8 Å². The Morgan fingerprint density at radius 2 is 2.10 bits per heavy atom. The summed E-state index contributed by atoms with van der Waals surface area (Å²) in [4.78, 5) is 0.193. The molecule has 1 atom stereocenters. The molecule has 21 heavy (non-hydrogen) atoms. The zero-order valence-corrected chi connectivity index (χ0v) is 13.3. The van der Waals surface area contributed by atoms with Crippen molar-refractivity contribution in [1.82, 2.24) is 4.31 Å². The molecule has 0 bridgehead atoms. The third kappa shape index (κ3) is 2.67. The Hall–Kier alpha value is -1.12. The number of sulfone groups is 1. The Kier molecular flexibility index (Phi) is 3.50. The molecule has 116 valence electrons. The van der Waals surface area contributed by atoms with Crippen LogP contribution in [0, 0.1) is 0 Å². The van der Waals surface area contributed by atoms with Crippen molar-refractivity contribution in [3.63, 3.8) is 0 Å². The molecule has 8 heteroatoms. The zero-order chi connectivity index (χ0) is 15.3. The summed E-state index contributed by atoms with van der Waals surface area (Å²) in [5, 5.41) is 0. The Labute approximate surface area is 124 Å². The molecule has 1 unspecified atom stereocenters. The molecular weight excluding hydrogens is 314 g/mol. The van der Waals surface area contributed by atoms with Crippen molar-refractivity contribution in [2.45, 2.75) is 23.8 Å². The predicted octanol–water partition coefficient (Wildman–Crippen LogP) is 0.429. The highest BCUT2D eigenvalue weighted by molar-refractivity contribution is 7.92. The standard InChI is InChI=1S/C13H17NO5S2/c1-14(11-5-7-20(15,16)9-11)21(17,18)12-2-3-13-10(8-12)4-6-19-13/h2-3,8,11H,4-7,9H2,1H3. The lowest BCUT2D eigenvalue weighted by molar-refractivity contribution is 0.356. The summed E-state index contributed by atoms with van der Waals surface area (Å²) in [6.07, 6.45) is 1.05. The number of sulfonamides is 1. The van der Waals surface area contributed by atoms with Gasteiger partial charge in [-0.15, -0.1) is 0 Å². The van der Waals surface area contributed by atoms with Gasteiger partial charge in [0.15, 0.2) is 9.84 Å². The molecule has 3 rings (SSSR count). The van der Waals surface area contributed by atoms with Gasteiger partial charge in [0, 0.05) is 19.5 Å². The minimum Gasteiger partial charge on any atom is -0.493 e. The molecule has 0 spiro atoms. The van der Waals surface area contributed by atoms with Gasteiger partial charge in [-0.2, -0.15) is 4.31 Å². The second kappa shape index (κ2) is 4.96. The first-order valence-corrected chi connectivity index (χ1v) is 10.00. The normalized spacial score (nSPS) is 24.0. The van der Waals surface area contributed by atoms with Gasteiger partial charge in [0.2, 0.25) is 10.0 Å². The summed E-state index contributed by atoms with van der Waals surface area (Å²) in [5.41, 5.74) is 0.878. The topological polar surface area (TPSA) is 80.8 Å². The van der Waals surface area contributed by atoms with E-state index >= 15 is 0 Å². The molecule has 0 radical (unpaired) electrons. The number of rotatable bonds is 3. The van der Waals surface area contributed by atoms with E-state index in [0.717, 1.165) is 11.3 Å². The highest BCUT2D eigenvalue weighted by Gasteiger charge is 2.36. The molecule has 0 amide bonds. The van der Waals surface area contributed by atoms with Gasteiger partial charge in [0.1, 0.15) is 5.75 Å². The van der Waals surface area contributed by atoms with Gasteiger partial charge in [0.05, 0.1) is 23.0 Å². The van der Waals surface area contributed by atoms with Gasteiger partial charge >= 0.3 is 0 Å². The third-order valence-corrected chi connectivity index (χ3v) is 7.72. The molecule has 1 aromatic rings. The van der Waals surface area contributed by atoms with Crippen molar-refractivity contribution in [2.75, 3.05) is 25.2 Å². The van der Waals surface area contributed by atoms with Crippen LogP contribution in [0.25, 0.3) is 0 Å². The second-order valence-corrected chi connectivity index (χ2v) is 9.67. The molecule has 6 nitrogen and oxygen atoms in total. The van der Waals surface area contributed by atoms with Crippen molar-refractivity contribution in [3.05, 3.63) is 23.8 Å². The number of fused-ring (bicyclic) bond motifs is 1. The summed E-state index contributed by atoms with van der Waals surface area (Å²) in [7, 11) is -5.35. The minimum absolute atomic E-state index is 0.0511. The molecule has 1 fully saturated rings. The maximum atomic E-state index is 12.6. The van der Waals surface area contributed by atoms with Gasteiger partial charge < -0.3 is 4.74 Å². The quantitative estimate of drug-likeness (QED) is 0.802. The highest BCUT2D eigenvalue weighted by Crippen LogP contribution is 2.30. The van der Waals surface area contributed by atoms with E-state index in [1.54, 1.807) is 12.1 Å². The Morgan fingerprint density at radius 3 is 2.76 bits per heavy atom. The van der Waals surface area contributed by atoms with Crippen LogP contribution in [0.4, 0.5) is 0 Å². The Bertz CT molecular complexity index is 770. The first-order chi connectivity index (χ1) is 9.79. The molecule has 0 aliphatic carbocycles. The van der Waals surface area contributed by atoms with Crippen LogP contribution in [0.1, 0.15) is 12.0 Å². The van der Waals surface area contributed by atoms with Crippen LogP contribution in [0.3, 0.4) is 0 Å². The fraction of sp³-hybridized carbons (Fsp3) is 0.538. The molecular formula is C13H17NO5S2. The van der Waals surface area contributed by atoms with Gasteiger partial charge in [-0.3, -0.25) is 0 Å². The zero-order valence-electron chi connectivity index (χ0n) is 11.6. The van der Waals surface area contributed by atoms with Crippen molar-refractivity contribution >= 4 is 19.9 Å². The molecule has 1 saturated heterocycles. The van der Waals surface area contributed by atoms with Crippen molar-refractivity contribution in [1.29, 1.82) is 0 Å². The van der Waals surface area contributed by atoms with Crippen LogP contribution in [-0.4, -0.2) is 52.3 Å². The molecule has 0 saturated carbocycles. The summed E-state index contributed by atoms with van der Waals surface area (Å²) >= 11 is 0. The largest absolute Gasteiger partial charge is 0.493 e. The van der Waals surface area contributed by atoms with E-state index in [2.05, 4.69) is 0 Å². The summed E-state index contributed by atoms with van der Waals surface area (Å²) < 4.78 is 54.8. The smallest absolute Gasteiger partial charge is 0.243 e. The van der Waals surface area contributed by atoms with Gasteiger partial charge in [-0.25, -0.2) is 16.8 Å². The van der Waals surface area contributed by atoms with Crippen LogP contribution >= 0.6 is 0 Å². The highest BCUT2D eigenvalue weighted by atomic mass is 32.2. The van der Waals surface area contributed by atoms with Crippen LogP contribution in [0.2, 0.25) is 0 Å². The number of ether oxygens (including phenoxy) is 1. The predicted molar refractivity (Wildman–Crippen MR) is 77.6 cm³/mol. The van der Waals surface area contributed by atoms with E-state index < -0.39 is 25.9 Å². The first kappa shape index (κ1) is 14.8. The van der Waals surface area contributed by atoms with E-state index in [-0.39, 0.29) is 16.4 Å². The second-order valence-electron chi connectivity index (χ2n) is 5.45. The van der Waals surface area contributed by atoms with E-state index in [1.807, 2.05) is 0 Å². The fourth-order valence-electron chi connectivity index (χ4n) is 2.75. The van der Waals surface area contributed by atoms with Gasteiger partial charge in [-0.1, -0.05) is 0 Å². The van der Waals surface area contributed by atoms with Crippen molar-refractivity contribution in [2.24, 2.45) is 0 Å². The lowest BCUT2D eigenvalue weighted by atomic mass is 10.2. The Morgan fingerprint density at radius 1 is 1.33 bits per heavy atom. The first-order valence-electron chi connectivity index (χ1n) is 6.74. The number of hydrogen-bond donors (Lipinski definition) is 0. The molecule has 1 aromatic carbocycles. The van der Waals surface area contributed by atoms with E-state index in [4.69, 9.17) is 4.74 Å². The van der Waals surface area contributed by atoms with Crippen LogP contribution < -0.4 is 4.74 Å². The maximum Gasteiger partial charge on any atom is 0.243 e. The fourth-order valence-corrected chi connectivity index (χ4v) is 6.05. The number of nitrogens with zero attached hydrogens (tertiary/aromatic N) is 1. The SMILES string of the molecule is CN(C1CCS(=O)(=O)C1)S(=O)(=O)c1ccc2c(c1)CCO2. The van der Waals surface area contributed by atoms with Crippen LogP contribution in [0.5, 0.6) is 5.75 Å². The number of hydrogen-bond acceptors (Lipinski definition) is 5. The average Bonchev–Trinajstić information content (AvgIpc) is 3.02. The average molecular weight is 331 g/mol. The van der Waals surface area contributed by atoms with Crippen molar-refractivity contribution in [3.8, 4) is 5.75 Å². The Balaban J connectivity index is 1.90. The molecule has 2 aliphatic rings. The summed E-state index contributed by atoms with van der Waals surface area (Å²) in [5.74, 6) is 0.673. The number of benzene rings is 1. The van der Waals surface area contributed by atoms with Crippen LogP contribution in [0.15, 0.2) is 23.1 Å².